The molecule has 0 N–H and O–H groups in total. The summed E-state index contributed by atoms with van der Waals surface area (Å²) in [5.74, 6) is 0.883. The van der Waals surface area contributed by atoms with Gasteiger partial charge < -0.3 is 9.74 Å². The van der Waals surface area contributed by atoms with Crippen molar-refractivity contribution in [3.05, 3.63) is 48.5 Å². The Bertz CT molecular complexity index is 835. The van der Waals surface area contributed by atoms with E-state index in [-0.39, 0.29) is 0 Å². The fourth-order valence-electron chi connectivity index (χ4n) is 3.54. The summed E-state index contributed by atoms with van der Waals surface area (Å²) in [5.41, 5.74) is 4.40. The van der Waals surface area contributed by atoms with Crippen LogP contribution in [0.5, 0.6) is 0 Å². The highest BCUT2D eigenvalue weighted by atomic mass is 16.7. The van der Waals surface area contributed by atoms with Crippen molar-refractivity contribution in [2.45, 2.75) is 32.6 Å². The zero-order valence-corrected chi connectivity index (χ0v) is 14.8. The van der Waals surface area contributed by atoms with Crippen molar-refractivity contribution in [3.63, 3.8) is 0 Å². The third-order valence-electron chi connectivity index (χ3n) is 4.78. The quantitative estimate of drug-likeness (QED) is 0.686. The van der Waals surface area contributed by atoms with E-state index in [4.69, 9.17) is 9.82 Å². The molecule has 1 aliphatic rings. The highest BCUT2D eigenvalue weighted by molar-refractivity contribution is 5.91. The second-order valence-electron chi connectivity index (χ2n) is 6.62. The van der Waals surface area contributed by atoms with Crippen LogP contribution < -0.4 is 9.74 Å². The van der Waals surface area contributed by atoms with Crippen LogP contribution in [0, 0.1) is 0 Å². The first-order valence-electron chi connectivity index (χ1n) is 9.33. The van der Waals surface area contributed by atoms with Gasteiger partial charge in [-0.15, -0.1) is 0 Å². The van der Waals surface area contributed by atoms with Gasteiger partial charge in [0.15, 0.2) is 5.82 Å². The number of anilines is 1. The summed E-state index contributed by atoms with van der Waals surface area (Å²) < 4.78 is 1.92. The van der Waals surface area contributed by atoms with Gasteiger partial charge in [-0.1, -0.05) is 43.3 Å². The molecular formula is C21H25N3O. The molecule has 4 rings (SSSR count). The van der Waals surface area contributed by atoms with Gasteiger partial charge in [0.05, 0.1) is 5.69 Å². The Morgan fingerprint density at radius 3 is 2.52 bits per heavy atom. The Labute approximate surface area is 149 Å². The third-order valence-corrected chi connectivity index (χ3v) is 4.78. The van der Waals surface area contributed by atoms with Gasteiger partial charge in [-0.05, 0) is 37.8 Å². The molecule has 4 nitrogen and oxygen atoms in total. The first kappa shape index (κ1) is 16.0. The average molecular weight is 335 g/mol. The van der Waals surface area contributed by atoms with Gasteiger partial charge >= 0.3 is 0 Å². The normalized spacial score (nSPS) is 14.8. The maximum atomic E-state index is 6.07. The van der Waals surface area contributed by atoms with Crippen molar-refractivity contribution in [3.8, 4) is 11.4 Å². The number of rotatable bonds is 5. The lowest BCUT2D eigenvalue weighted by Gasteiger charge is -2.28. The van der Waals surface area contributed by atoms with Crippen molar-refractivity contribution < 1.29 is 4.84 Å². The molecule has 0 aliphatic carbocycles. The minimum Gasteiger partial charge on any atom is -0.412 e. The number of piperidine rings is 1. The SMILES string of the molecule is CCCOn1c(-c2ccccc2)nc2c(N3CCCCC3)cccc21. The molecule has 0 atom stereocenters. The van der Waals surface area contributed by atoms with E-state index in [0.29, 0.717) is 6.61 Å². The number of para-hydroxylation sites is 1. The number of aromatic nitrogens is 2. The average Bonchev–Trinajstić information content (AvgIpc) is 3.06. The van der Waals surface area contributed by atoms with E-state index < -0.39 is 0 Å². The lowest BCUT2D eigenvalue weighted by Crippen LogP contribution is -2.29. The van der Waals surface area contributed by atoms with Crippen LogP contribution in [0.2, 0.25) is 0 Å². The number of nitrogens with zero attached hydrogens (tertiary/aromatic N) is 3. The van der Waals surface area contributed by atoms with E-state index >= 15 is 0 Å². The topological polar surface area (TPSA) is 30.3 Å². The Kier molecular flexibility index (Phi) is 4.59. The van der Waals surface area contributed by atoms with Crippen LogP contribution in [0.25, 0.3) is 22.4 Å². The smallest absolute Gasteiger partial charge is 0.176 e. The molecule has 130 valence electrons. The Hall–Kier alpha value is -2.49. The molecule has 1 fully saturated rings. The van der Waals surface area contributed by atoms with Gasteiger partial charge in [0.1, 0.15) is 17.6 Å². The standard InChI is InChI=1S/C21H25N3O/c1-2-16-25-24-19-13-9-12-18(23-14-7-4-8-15-23)20(19)22-21(24)17-10-5-3-6-11-17/h3,5-6,9-13H,2,4,7-8,14-16H2,1H3. The fourth-order valence-corrected chi connectivity index (χ4v) is 3.54. The predicted molar refractivity (Wildman–Crippen MR) is 103 cm³/mol. The fraction of sp³-hybridized carbons (Fsp3) is 0.381. The first-order valence-corrected chi connectivity index (χ1v) is 9.33. The molecule has 25 heavy (non-hydrogen) atoms. The van der Waals surface area contributed by atoms with E-state index in [1.807, 2.05) is 22.9 Å². The van der Waals surface area contributed by atoms with Gasteiger partial charge in [-0.2, -0.15) is 4.73 Å². The summed E-state index contributed by atoms with van der Waals surface area (Å²) in [6.45, 7) is 5.03. The van der Waals surface area contributed by atoms with Gasteiger partial charge in [0.25, 0.3) is 0 Å². The second kappa shape index (κ2) is 7.18. The second-order valence-corrected chi connectivity index (χ2v) is 6.62. The van der Waals surface area contributed by atoms with E-state index in [2.05, 4.69) is 42.2 Å². The van der Waals surface area contributed by atoms with E-state index in [9.17, 15) is 0 Å². The predicted octanol–water partition coefficient (Wildman–Crippen LogP) is 4.53. The number of imidazole rings is 1. The lowest BCUT2D eigenvalue weighted by atomic mass is 10.1. The van der Waals surface area contributed by atoms with Gasteiger partial charge in [0.2, 0.25) is 0 Å². The molecule has 1 aromatic heterocycles. The molecule has 0 bridgehead atoms. The number of fused-ring (bicyclic) bond motifs is 1. The van der Waals surface area contributed by atoms with Crippen LogP contribution in [0.4, 0.5) is 5.69 Å². The Morgan fingerprint density at radius 1 is 0.960 bits per heavy atom. The van der Waals surface area contributed by atoms with Crippen LogP contribution in [-0.2, 0) is 0 Å². The molecule has 0 spiro atoms. The summed E-state index contributed by atoms with van der Waals surface area (Å²) >= 11 is 0. The largest absolute Gasteiger partial charge is 0.412 e. The van der Waals surface area contributed by atoms with Crippen LogP contribution in [-0.4, -0.2) is 29.4 Å². The van der Waals surface area contributed by atoms with Gasteiger partial charge in [-0.25, -0.2) is 4.98 Å². The van der Waals surface area contributed by atoms with Crippen molar-refractivity contribution in [2.24, 2.45) is 0 Å². The van der Waals surface area contributed by atoms with E-state index in [1.54, 1.807) is 0 Å². The number of hydrogen-bond acceptors (Lipinski definition) is 3. The van der Waals surface area contributed by atoms with Crippen molar-refractivity contribution in [1.29, 1.82) is 0 Å². The third kappa shape index (κ3) is 3.09. The monoisotopic (exact) mass is 335 g/mol. The lowest BCUT2D eigenvalue weighted by molar-refractivity contribution is 0.123. The minimum atomic E-state index is 0.680. The molecule has 0 radical (unpaired) electrons. The van der Waals surface area contributed by atoms with E-state index in [0.717, 1.165) is 41.9 Å². The summed E-state index contributed by atoms with van der Waals surface area (Å²) in [5, 5.41) is 0. The number of benzene rings is 2. The van der Waals surface area contributed by atoms with Crippen molar-refractivity contribution >= 4 is 16.7 Å². The van der Waals surface area contributed by atoms with Crippen molar-refractivity contribution in [1.82, 2.24) is 9.71 Å². The molecular weight excluding hydrogens is 310 g/mol. The van der Waals surface area contributed by atoms with Crippen LogP contribution in [0.3, 0.4) is 0 Å². The van der Waals surface area contributed by atoms with Crippen molar-refractivity contribution in [2.75, 3.05) is 24.6 Å². The number of hydrogen-bond donors (Lipinski definition) is 0. The molecule has 2 heterocycles. The molecule has 0 saturated carbocycles. The van der Waals surface area contributed by atoms with Gasteiger partial charge in [-0.3, -0.25) is 0 Å². The summed E-state index contributed by atoms with van der Waals surface area (Å²) in [4.78, 5) is 13.5. The highest BCUT2D eigenvalue weighted by Crippen LogP contribution is 2.32. The zero-order chi connectivity index (χ0) is 17.1. The van der Waals surface area contributed by atoms with Crippen LogP contribution in [0.15, 0.2) is 48.5 Å². The Balaban J connectivity index is 1.86. The molecule has 2 aromatic carbocycles. The Morgan fingerprint density at radius 2 is 1.76 bits per heavy atom. The zero-order valence-electron chi connectivity index (χ0n) is 14.8. The minimum absolute atomic E-state index is 0.680. The molecule has 0 amide bonds. The molecule has 0 unspecified atom stereocenters. The maximum absolute atomic E-state index is 6.07. The molecule has 4 heteroatoms. The summed E-state index contributed by atoms with van der Waals surface area (Å²) in [6.07, 6.45) is 4.82. The molecule has 3 aromatic rings. The summed E-state index contributed by atoms with van der Waals surface area (Å²) in [7, 11) is 0. The van der Waals surface area contributed by atoms with Crippen LogP contribution in [0.1, 0.15) is 32.6 Å². The summed E-state index contributed by atoms with van der Waals surface area (Å²) in [6, 6.07) is 16.7. The first-order chi connectivity index (χ1) is 12.4. The highest BCUT2D eigenvalue weighted by Gasteiger charge is 2.20. The van der Waals surface area contributed by atoms with Gasteiger partial charge in [0, 0.05) is 18.7 Å². The molecule has 1 saturated heterocycles. The van der Waals surface area contributed by atoms with E-state index in [1.165, 1.54) is 24.9 Å². The maximum Gasteiger partial charge on any atom is 0.176 e. The molecule has 1 aliphatic heterocycles. The van der Waals surface area contributed by atoms with Crippen LogP contribution >= 0.6 is 0 Å².